The van der Waals surface area contributed by atoms with E-state index in [9.17, 15) is 4.79 Å². The van der Waals surface area contributed by atoms with Crippen LogP contribution in [0.2, 0.25) is 0 Å². The number of hydrogen-bond acceptors (Lipinski definition) is 4. The SMILES string of the molecule is NC(C(=O)O)c1ccc(Oc2cccnc2)cc1. The molecule has 2 aromatic rings. The number of nitrogens with two attached hydrogens (primary N) is 1. The standard InChI is InChI=1S/C13H12N2O3/c14-12(13(16)17)9-3-5-10(6-4-9)18-11-2-1-7-15-8-11/h1-8,12H,14H2,(H,16,17). The number of carboxylic acid groups (broad SMARTS) is 1. The fourth-order valence-corrected chi connectivity index (χ4v) is 1.43. The van der Waals surface area contributed by atoms with E-state index in [1.165, 1.54) is 0 Å². The number of hydrogen-bond donors (Lipinski definition) is 2. The first-order valence-corrected chi connectivity index (χ1v) is 5.33. The van der Waals surface area contributed by atoms with Crippen molar-refractivity contribution in [3.05, 3.63) is 54.4 Å². The molecule has 0 saturated carbocycles. The lowest BCUT2D eigenvalue weighted by molar-refractivity contribution is -0.138. The number of carbonyl (C=O) groups is 1. The molecular weight excluding hydrogens is 232 g/mol. The third kappa shape index (κ3) is 2.83. The maximum Gasteiger partial charge on any atom is 0.325 e. The Morgan fingerprint density at radius 2 is 1.94 bits per heavy atom. The van der Waals surface area contributed by atoms with Gasteiger partial charge in [-0.25, -0.2) is 0 Å². The number of pyridine rings is 1. The molecule has 92 valence electrons. The molecule has 1 heterocycles. The van der Waals surface area contributed by atoms with Crippen molar-refractivity contribution in [3.63, 3.8) is 0 Å². The molecule has 1 aromatic heterocycles. The minimum absolute atomic E-state index is 0.529. The summed E-state index contributed by atoms with van der Waals surface area (Å²) in [6.07, 6.45) is 3.25. The van der Waals surface area contributed by atoms with Crippen LogP contribution < -0.4 is 10.5 Å². The van der Waals surface area contributed by atoms with Crippen molar-refractivity contribution in [1.29, 1.82) is 0 Å². The van der Waals surface area contributed by atoms with Crippen molar-refractivity contribution in [1.82, 2.24) is 4.98 Å². The monoisotopic (exact) mass is 244 g/mol. The van der Waals surface area contributed by atoms with Crippen LogP contribution in [0.25, 0.3) is 0 Å². The predicted molar refractivity (Wildman–Crippen MR) is 65.3 cm³/mol. The van der Waals surface area contributed by atoms with Gasteiger partial charge in [-0.05, 0) is 29.8 Å². The van der Waals surface area contributed by atoms with Crippen LogP contribution in [0, 0.1) is 0 Å². The summed E-state index contributed by atoms with van der Waals surface area (Å²) in [6, 6.07) is 9.14. The first kappa shape index (κ1) is 12.1. The molecular formula is C13H12N2O3. The van der Waals surface area contributed by atoms with E-state index in [2.05, 4.69) is 4.98 Å². The van der Waals surface area contributed by atoms with E-state index in [4.69, 9.17) is 15.6 Å². The number of ether oxygens (including phenoxy) is 1. The third-order valence-electron chi connectivity index (χ3n) is 2.38. The minimum atomic E-state index is -1.06. The van der Waals surface area contributed by atoms with Gasteiger partial charge in [0.15, 0.2) is 0 Å². The zero-order valence-corrected chi connectivity index (χ0v) is 9.48. The highest BCUT2D eigenvalue weighted by molar-refractivity contribution is 5.75. The number of rotatable bonds is 4. The smallest absolute Gasteiger partial charge is 0.325 e. The number of carboxylic acids is 1. The van der Waals surface area contributed by atoms with E-state index >= 15 is 0 Å². The van der Waals surface area contributed by atoms with Gasteiger partial charge in [-0.1, -0.05) is 12.1 Å². The van der Waals surface area contributed by atoms with Crippen molar-refractivity contribution >= 4 is 5.97 Å². The molecule has 1 atom stereocenters. The van der Waals surface area contributed by atoms with Gasteiger partial charge < -0.3 is 15.6 Å². The fraction of sp³-hybridized carbons (Fsp3) is 0.0769. The minimum Gasteiger partial charge on any atom is -0.480 e. The summed E-state index contributed by atoms with van der Waals surface area (Å²) in [5.74, 6) is 0.160. The Bertz CT molecular complexity index is 526. The van der Waals surface area contributed by atoms with Crippen LogP contribution >= 0.6 is 0 Å². The Balaban J connectivity index is 2.11. The summed E-state index contributed by atoms with van der Waals surface area (Å²) in [5, 5.41) is 8.78. The number of nitrogens with zero attached hydrogens (tertiary/aromatic N) is 1. The molecule has 0 aliphatic carbocycles. The Kier molecular flexibility index (Phi) is 3.54. The van der Waals surface area contributed by atoms with Crippen molar-refractivity contribution < 1.29 is 14.6 Å². The molecule has 5 nitrogen and oxygen atoms in total. The van der Waals surface area contributed by atoms with Crippen LogP contribution in [-0.4, -0.2) is 16.1 Å². The second-order valence-corrected chi connectivity index (χ2v) is 3.68. The molecule has 1 aromatic carbocycles. The van der Waals surface area contributed by atoms with Crippen LogP contribution in [-0.2, 0) is 4.79 Å². The van der Waals surface area contributed by atoms with Crippen molar-refractivity contribution in [3.8, 4) is 11.5 Å². The van der Waals surface area contributed by atoms with Gasteiger partial charge in [0.05, 0.1) is 6.20 Å². The van der Waals surface area contributed by atoms with Gasteiger partial charge in [-0.2, -0.15) is 0 Å². The van der Waals surface area contributed by atoms with E-state index in [1.54, 1.807) is 48.8 Å². The Morgan fingerprint density at radius 3 is 2.50 bits per heavy atom. The van der Waals surface area contributed by atoms with Crippen LogP contribution in [0.1, 0.15) is 11.6 Å². The lowest BCUT2D eigenvalue weighted by Crippen LogP contribution is -2.20. The fourth-order valence-electron chi connectivity index (χ4n) is 1.43. The Hall–Kier alpha value is -2.40. The van der Waals surface area contributed by atoms with Gasteiger partial charge in [0, 0.05) is 6.20 Å². The van der Waals surface area contributed by atoms with E-state index in [0.717, 1.165) is 0 Å². The summed E-state index contributed by atoms with van der Waals surface area (Å²) in [7, 11) is 0. The summed E-state index contributed by atoms with van der Waals surface area (Å²) in [6.45, 7) is 0. The quantitative estimate of drug-likeness (QED) is 0.858. The van der Waals surface area contributed by atoms with E-state index in [-0.39, 0.29) is 0 Å². The molecule has 0 amide bonds. The molecule has 5 heteroatoms. The lowest BCUT2D eigenvalue weighted by Gasteiger charge is -2.08. The highest BCUT2D eigenvalue weighted by atomic mass is 16.5. The predicted octanol–water partition coefficient (Wildman–Crippen LogP) is 1.96. The van der Waals surface area contributed by atoms with Gasteiger partial charge in [0.1, 0.15) is 17.5 Å². The van der Waals surface area contributed by atoms with E-state index < -0.39 is 12.0 Å². The topological polar surface area (TPSA) is 85.4 Å². The molecule has 18 heavy (non-hydrogen) atoms. The molecule has 0 radical (unpaired) electrons. The second kappa shape index (κ2) is 5.29. The number of benzene rings is 1. The molecule has 0 aliphatic rings. The average Bonchev–Trinajstić information content (AvgIpc) is 2.40. The number of aromatic nitrogens is 1. The summed E-state index contributed by atoms with van der Waals surface area (Å²) in [5.41, 5.74) is 6.02. The highest BCUT2D eigenvalue weighted by Crippen LogP contribution is 2.22. The normalized spacial score (nSPS) is 11.8. The maximum atomic E-state index is 10.7. The van der Waals surface area contributed by atoms with Crippen LogP contribution in [0.5, 0.6) is 11.5 Å². The molecule has 3 N–H and O–H groups in total. The molecule has 0 saturated heterocycles. The van der Waals surface area contributed by atoms with Crippen molar-refractivity contribution in [2.24, 2.45) is 5.73 Å². The average molecular weight is 244 g/mol. The summed E-state index contributed by atoms with van der Waals surface area (Å²) >= 11 is 0. The maximum absolute atomic E-state index is 10.7. The molecule has 1 unspecified atom stereocenters. The van der Waals surface area contributed by atoms with Gasteiger partial charge in [0.25, 0.3) is 0 Å². The van der Waals surface area contributed by atoms with Crippen LogP contribution in [0.3, 0.4) is 0 Å². The van der Waals surface area contributed by atoms with Crippen molar-refractivity contribution in [2.45, 2.75) is 6.04 Å². The van der Waals surface area contributed by atoms with Gasteiger partial charge in [0.2, 0.25) is 0 Å². The number of aliphatic carboxylic acids is 1. The molecule has 0 aliphatic heterocycles. The van der Waals surface area contributed by atoms with E-state index in [1.807, 2.05) is 0 Å². The van der Waals surface area contributed by atoms with Crippen molar-refractivity contribution in [2.75, 3.05) is 0 Å². The van der Waals surface area contributed by atoms with E-state index in [0.29, 0.717) is 17.1 Å². The summed E-state index contributed by atoms with van der Waals surface area (Å²) in [4.78, 5) is 14.6. The Morgan fingerprint density at radius 1 is 1.22 bits per heavy atom. The first-order chi connectivity index (χ1) is 8.66. The zero-order chi connectivity index (χ0) is 13.0. The van der Waals surface area contributed by atoms with Gasteiger partial charge >= 0.3 is 5.97 Å². The largest absolute Gasteiger partial charge is 0.480 e. The highest BCUT2D eigenvalue weighted by Gasteiger charge is 2.13. The molecule has 0 bridgehead atoms. The molecule has 0 fully saturated rings. The lowest BCUT2D eigenvalue weighted by atomic mass is 10.1. The van der Waals surface area contributed by atoms with Gasteiger partial charge in [-0.15, -0.1) is 0 Å². The van der Waals surface area contributed by atoms with Crippen LogP contribution in [0.15, 0.2) is 48.8 Å². The van der Waals surface area contributed by atoms with Crippen LogP contribution in [0.4, 0.5) is 0 Å². The zero-order valence-electron chi connectivity index (χ0n) is 9.48. The summed E-state index contributed by atoms with van der Waals surface area (Å²) < 4.78 is 5.52. The molecule has 0 spiro atoms. The second-order valence-electron chi connectivity index (χ2n) is 3.68. The first-order valence-electron chi connectivity index (χ1n) is 5.33. The third-order valence-corrected chi connectivity index (χ3v) is 2.38. The Labute approximate surface area is 104 Å². The van der Waals surface area contributed by atoms with Gasteiger partial charge in [-0.3, -0.25) is 9.78 Å². The molecule has 2 rings (SSSR count).